The molecule has 0 saturated carbocycles. The Kier molecular flexibility index (Phi) is 3.99. The van der Waals surface area contributed by atoms with Crippen LogP contribution in [0.3, 0.4) is 0 Å². The molecule has 2 heterocycles. The van der Waals surface area contributed by atoms with Gasteiger partial charge in [-0.05, 0) is 24.3 Å². The van der Waals surface area contributed by atoms with Gasteiger partial charge in [-0.2, -0.15) is 11.8 Å². The Balaban J connectivity index is 2.41. The molecular formula is C12H10N4O4. The average Bonchev–Trinajstić information content (AvgIpc) is 2.53. The van der Waals surface area contributed by atoms with Crippen molar-refractivity contribution in [1.29, 1.82) is 0 Å². The summed E-state index contributed by atoms with van der Waals surface area (Å²) < 4.78 is 0. The van der Waals surface area contributed by atoms with Crippen molar-refractivity contribution in [2.45, 2.75) is 0 Å². The summed E-state index contributed by atoms with van der Waals surface area (Å²) >= 11 is 0. The van der Waals surface area contributed by atoms with E-state index in [-0.39, 0.29) is 11.1 Å². The number of aromatic nitrogens is 2. The number of hydrogen-bond donors (Lipinski definition) is 2. The third-order valence-corrected chi connectivity index (χ3v) is 2.47. The number of nitrogens with zero attached hydrogens (tertiary/aromatic N) is 2. The van der Waals surface area contributed by atoms with E-state index in [4.69, 9.17) is 11.8 Å². The summed E-state index contributed by atoms with van der Waals surface area (Å²) in [5.41, 5.74) is 1.18. The predicted molar refractivity (Wildman–Crippen MR) is 66.7 cm³/mol. The Morgan fingerprint density at radius 2 is 1.25 bits per heavy atom. The lowest BCUT2D eigenvalue weighted by molar-refractivity contribution is 0.0495. The molecule has 2 aromatic heterocycles. The SMILES string of the molecule is NOC(=O)c1ccnc(-c2cc(C(=O)ON)ccn2)c1. The minimum atomic E-state index is -0.703. The van der Waals surface area contributed by atoms with E-state index >= 15 is 0 Å². The standard InChI is InChI=1S/C12H10N4O4/c13-19-11(17)7-1-3-15-9(5-7)10-6-8(2-4-16-10)12(18)20-14/h1-6H,13-14H2. The molecule has 0 bridgehead atoms. The van der Waals surface area contributed by atoms with Gasteiger partial charge in [0.15, 0.2) is 0 Å². The lowest BCUT2D eigenvalue weighted by atomic mass is 10.1. The molecule has 0 aliphatic heterocycles. The molecule has 0 saturated heterocycles. The molecule has 0 unspecified atom stereocenters. The van der Waals surface area contributed by atoms with Crippen LogP contribution in [0.5, 0.6) is 0 Å². The Hall–Kier alpha value is -2.84. The number of nitrogens with two attached hydrogens (primary N) is 2. The van der Waals surface area contributed by atoms with Gasteiger partial charge in [0.25, 0.3) is 0 Å². The predicted octanol–water partition coefficient (Wildman–Crippen LogP) is 0.205. The molecule has 0 aromatic carbocycles. The first-order chi connectivity index (χ1) is 9.65. The zero-order valence-corrected chi connectivity index (χ0v) is 10.1. The third-order valence-electron chi connectivity index (χ3n) is 2.47. The number of carbonyl (C=O) groups is 2. The summed E-state index contributed by atoms with van der Waals surface area (Å²) in [6.45, 7) is 0. The van der Waals surface area contributed by atoms with Crippen LogP contribution in [0.2, 0.25) is 0 Å². The Morgan fingerprint density at radius 3 is 1.60 bits per heavy atom. The molecule has 20 heavy (non-hydrogen) atoms. The molecule has 4 N–H and O–H groups in total. The number of rotatable bonds is 3. The molecular weight excluding hydrogens is 264 g/mol. The van der Waals surface area contributed by atoms with Crippen LogP contribution in [0.25, 0.3) is 11.4 Å². The molecule has 0 spiro atoms. The van der Waals surface area contributed by atoms with E-state index in [1.807, 2.05) is 0 Å². The van der Waals surface area contributed by atoms with Crippen LogP contribution in [0.1, 0.15) is 20.7 Å². The molecule has 2 rings (SSSR count). The Labute approximate surface area is 113 Å². The van der Waals surface area contributed by atoms with Crippen LogP contribution in [0.4, 0.5) is 0 Å². The third kappa shape index (κ3) is 2.76. The molecule has 102 valence electrons. The van der Waals surface area contributed by atoms with Crippen molar-refractivity contribution >= 4 is 11.9 Å². The van der Waals surface area contributed by atoms with Gasteiger partial charge in [-0.15, -0.1) is 0 Å². The van der Waals surface area contributed by atoms with Gasteiger partial charge in [-0.3, -0.25) is 9.97 Å². The van der Waals surface area contributed by atoms with Gasteiger partial charge in [0.2, 0.25) is 0 Å². The highest BCUT2D eigenvalue weighted by atomic mass is 16.7. The largest absolute Gasteiger partial charge is 0.370 e. The van der Waals surface area contributed by atoms with Crippen molar-refractivity contribution < 1.29 is 19.3 Å². The lowest BCUT2D eigenvalue weighted by Gasteiger charge is -2.04. The molecule has 8 nitrogen and oxygen atoms in total. The maximum Gasteiger partial charge on any atom is 0.356 e. The molecule has 0 aliphatic rings. The summed E-state index contributed by atoms with van der Waals surface area (Å²) in [5, 5.41) is 0. The van der Waals surface area contributed by atoms with E-state index in [0.717, 1.165) is 0 Å². The zero-order valence-electron chi connectivity index (χ0n) is 10.1. The van der Waals surface area contributed by atoms with Crippen LogP contribution in [-0.2, 0) is 9.68 Å². The molecule has 0 amide bonds. The van der Waals surface area contributed by atoms with E-state index in [1.54, 1.807) is 0 Å². The molecule has 2 aromatic rings. The molecule has 0 fully saturated rings. The highest BCUT2D eigenvalue weighted by molar-refractivity contribution is 5.91. The second-order valence-corrected chi connectivity index (χ2v) is 3.67. The maximum atomic E-state index is 11.3. The van der Waals surface area contributed by atoms with E-state index in [9.17, 15) is 9.59 Å². The fourth-order valence-electron chi connectivity index (χ4n) is 1.53. The normalized spacial score (nSPS) is 9.90. The van der Waals surface area contributed by atoms with Gasteiger partial charge in [0.05, 0.1) is 22.5 Å². The van der Waals surface area contributed by atoms with Crippen molar-refractivity contribution in [2.24, 2.45) is 11.8 Å². The van der Waals surface area contributed by atoms with Crippen LogP contribution in [-0.4, -0.2) is 21.9 Å². The first-order valence-corrected chi connectivity index (χ1v) is 5.40. The minimum Gasteiger partial charge on any atom is -0.370 e. The maximum absolute atomic E-state index is 11.3. The fraction of sp³-hybridized carbons (Fsp3) is 0. The molecule has 8 heteroatoms. The fourth-order valence-corrected chi connectivity index (χ4v) is 1.53. The Morgan fingerprint density at radius 1 is 0.850 bits per heavy atom. The summed E-state index contributed by atoms with van der Waals surface area (Å²) in [6, 6.07) is 5.76. The quantitative estimate of drug-likeness (QED) is 0.759. The Bertz CT molecular complexity index is 602. The lowest BCUT2D eigenvalue weighted by Crippen LogP contribution is -2.11. The summed E-state index contributed by atoms with van der Waals surface area (Å²) in [7, 11) is 0. The second kappa shape index (κ2) is 5.87. The molecule has 0 radical (unpaired) electrons. The molecule has 0 atom stereocenters. The van der Waals surface area contributed by atoms with Crippen molar-refractivity contribution in [3.63, 3.8) is 0 Å². The average molecular weight is 274 g/mol. The smallest absolute Gasteiger partial charge is 0.356 e. The first kappa shape index (κ1) is 13.6. The van der Waals surface area contributed by atoms with E-state index in [1.165, 1.54) is 36.7 Å². The van der Waals surface area contributed by atoms with E-state index in [0.29, 0.717) is 11.4 Å². The van der Waals surface area contributed by atoms with Crippen LogP contribution < -0.4 is 11.8 Å². The van der Waals surface area contributed by atoms with Crippen LogP contribution in [0, 0.1) is 0 Å². The van der Waals surface area contributed by atoms with Gasteiger partial charge in [0.1, 0.15) is 0 Å². The number of pyridine rings is 2. The highest BCUT2D eigenvalue weighted by Crippen LogP contribution is 2.17. The van der Waals surface area contributed by atoms with E-state index < -0.39 is 11.9 Å². The van der Waals surface area contributed by atoms with Gasteiger partial charge in [-0.25, -0.2) is 9.59 Å². The number of hydrogen-bond acceptors (Lipinski definition) is 8. The summed E-state index contributed by atoms with van der Waals surface area (Å²) in [5.74, 6) is 8.22. The van der Waals surface area contributed by atoms with Crippen LogP contribution >= 0.6 is 0 Å². The highest BCUT2D eigenvalue weighted by Gasteiger charge is 2.12. The number of carbonyl (C=O) groups excluding carboxylic acids is 2. The van der Waals surface area contributed by atoms with Gasteiger partial charge >= 0.3 is 11.9 Å². The summed E-state index contributed by atoms with van der Waals surface area (Å²) in [4.78, 5) is 39.0. The zero-order chi connectivity index (χ0) is 14.5. The van der Waals surface area contributed by atoms with Gasteiger partial charge < -0.3 is 9.68 Å². The minimum absolute atomic E-state index is 0.214. The van der Waals surface area contributed by atoms with Gasteiger partial charge in [-0.1, -0.05) is 0 Å². The second-order valence-electron chi connectivity index (χ2n) is 3.67. The topological polar surface area (TPSA) is 130 Å². The van der Waals surface area contributed by atoms with E-state index in [2.05, 4.69) is 19.6 Å². The van der Waals surface area contributed by atoms with Crippen molar-refractivity contribution in [3.8, 4) is 11.4 Å². The van der Waals surface area contributed by atoms with Gasteiger partial charge in [0, 0.05) is 12.4 Å². The van der Waals surface area contributed by atoms with Crippen molar-refractivity contribution in [3.05, 3.63) is 47.8 Å². The summed E-state index contributed by atoms with van der Waals surface area (Å²) in [6.07, 6.45) is 2.80. The monoisotopic (exact) mass is 274 g/mol. The van der Waals surface area contributed by atoms with Crippen molar-refractivity contribution in [1.82, 2.24) is 9.97 Å². The van der Waals surface area contributed by atoms with Crippen molar-refractivity contribution in [2.75, 3.05) is 0 Å². The van der Waals surface area contributed by atoms with Crippen LogP contribution in [0.15, 0.2) is 36.7 Å². The first-order valence-electron chi connectivity index (χ1n) is 5.40. The molecule has 0 aliphatic carbocycles.